The highest BCUT2D eigenvalue weighted by molar-refractivity contribution is 7.89. The Balaban J connectivity index is 2.14. The molecule has 1 aromatic carbocycles. The van der Waals surface area contributed by atoms with Crippen LogP contribution in [0.15, 0.2) is 40.6 Å². The van der Waals surface area contributed by atoms with Crippen molar-refractivity contribution in [3.8, 4) is 6.07 Å². The largest absolute Gasteiger partial charge is 0.240 e. The Morgan fingerprint density at radius 2 is 1.95 bits per heavy atom. The highest BCUT2D eigenvalue weighted by Gasteiger charge is 2.14. The number of nitrogens with one attached hydrogen (secondary N) is 1. The molecular formula is C13H12N2O2S2. The van der Waals surface area contributed by atoms with E-state index in [1.165, 1.54) is 35.6 Å². The van der Waals surface area contributed by atoms with E-state index in [1.807, 2.05) is 24.4 Å². The SMILES string of the molecule is Cc1ccsc1CNS(=O)(=O)c1ccc(C#N)cc1. The third kappa shape index (κ3) is 3.20. The number of hydrogen-bond acceptors (Lipinski definition) is 4. The average Bonchev–Trinajstić information content (AvgIpc) is 2.82. The molecule has 0 saturated heterocycles. The zero-order chi connectivity index (χ0) is 13.9. The van der Waals surface area contributed by atoms with E-state index < -0.39 is 10.0 Å². The molecule has 0 unspecified atom stereocenters. The number of nitriles is 1. The Morgan fingerprint density at radius 1 is 1.26 bits per heavy atom. The van der Waals surface area contributed by atoms with Crippen LogP contribution in [0, 0.1) is 18.3 Å². The predicted molar refractivity (Wildman–Crippen MR) is 74.2 cm³/mol. The lowest BCUT2D eigenvalue weighted by Crippen LogP contribution is -2.23. The molecule has 19 heavy (non-hydrogen) atoms. The van der Waals surface area contributed by atoms with E-state index in [0.29, 0.717) is 5.56 Å². The number of benzene rings is 1. The Kier molecular flexibility index (Phi) is 4.00. The first-order valence-corrected chi connectivity index (χ1v) is 7.92. The fourth-order valence-corrected chi connectivity index (χ4v) is 3.47. The quantitative estimate of drug-likeness (QED) is 0.940. The van der Waals surface area contributed by atoms with Crippen LogP contribution in [0.4, 0.5) is 0 Å². The van der Waals surface area contributed by atoms with Gasteiger partial charge in [-0.2, -0.15) is 5.26 Å². The lowest BCUT2D eigenvalue weighted by Gasteiger charge is -2.06. The zero-order valence-electron chi connectivity index (χ0n) is 10.3. The Bertz CT molecular complexity index is 710. The summed E-state index contributed by atoms with van der Waals surface area (Å²) < 4.78 is 26.7. The fraction of sp³-hybridized carbons (Fsp3) is 0.154. The van der Waals surface area contributed by atoms with E-state index in [1.54, 1.807) is 0 Å². The van der Waals surface area contributed by atoms with E-state index in [4.69, 9.17) is 5.26 Å². The molecule has 98 valence electrons. The molecule has 1 aromatic heterocycles. The van der Waals surface area contributed by atoms with Crippen LogP contribution >= 0.6 is 11.3 Å². The molecule has 2 rings (SSSR count). The minimum Gasteiger partial charge on any atom is -0.207 e. The van der Waals surface area contributed by atoms with Gasteiger partial charge in [0.05, 0.1) is 16.5 Å². The molecule has 4 nitrogen and oxygen atoms in total. The summed E-state index contributed by atoms with van der Waals surface area (Å²) >= 11 is 1.52. The van der Waals surface area contributed by atoms with Gasteiger partial charge in [0, 0.05) is 11.4 Å². The third-order valence-electron chi connectivity index (χ3n) is 2.68. The Labute approximate surface area is 116 Å². The molecule has 1 N–H and O–H groups in total. The minimum atomic E-state index is -3.53. The van der Waals surface area contributed by atoms with Crippen LogP contribution in [0.2, 0.25) is 0 Å². The Morgan fingerprint density at radius 3 is 2.47 bits per heavy atom. The molecule has 0 fully saturated rings. The summed E-state index contributed by atoms with van der Waals surface area (Å²) in [5, 5.41) is 10.6. The Hall–Kier alpha value is -1.68. The summed E-state index contributed by atoms with van der Waals surface area (Å²) in [6.07, 6.45) is 0. The topological polar surface area (TPSA) is 70.0 Å². The highest BCUT2D eigenvalue weighted by Crippen LogP contribution is 2.16. The van der Waals surface area contributed by atoms with Gasteiger partial charge >= 0.3 is 0 Å². The van der Waals surface area contributed by atoms with Gasteiger partial charge in [-0.05, 0) is 48.2 Å². The second-order valence-corrected chi connectivity index (χ2v) is 6.76. The lowest BCUT2D eigenvalue weighted by molar-refractivity contribution is 0.581. The monoisotopic (exact) mass is 292 g/mol. The number of thiophene rings is 1. The van der Waals surface area contributed by atoms with Gasteiger partial charge in [-0.15, -0.1) is 11.3 Å². The second-order valence-electron chi connectivity index (χ2n) is 3.99. The standard InChI is InChI=1S/C13H12N2O2S2/c1-10-6-7-18-13(10)9-15-19(16,17)12-4-2-11(8-14)3-5-12/h2-7,15H,9H2,1H3. The number of nitrogens with zero attached hydrogens (tertiary/aromatic N) is 1. The van der Waals surface area contributed by atoms with Crippen LogP contribution < -0.4 is 4.72 Å². The van der Waals surface area contributed by atoms with Gasteiger partial charge in [0.25, 0.3) is 0 Å². The molecular weight excluding hydrogens is 280 g/mol. The van der Waals surface area contributed by atoms with Crippen LogP contribution in [0.25, 0.3) is 0 Å². The molecule has 0 aliphatic rings. The van der Waals surface area contributed by atoms with E-state index in [-0.39, 0.29) is 11.4 Å². The van der Waals surface area contributed by atoms with E-state index in [9.17, 15) is 8.42 Å². The van der Waals surface area contributed by atoms with Crippen molar-refractivity contribution in [3.05, 3.63) is 51.7 Å². The van der Waals surface area contributed by atoms with Crippen molar-refractivity contribution in [2.24, 2.45) is 0 Å². The summed E-state index contributed by atoms with van der Waals surface area (Å²) in [6, 6.07) is 9.76. The minimum absolute atomic E-state index is 0.167. The van der Waals surface area contributed by atoms with Gasteiger partial charge in [0.2, 0.25) is 10.0 Å². The first-order valence-electron chi connectivity index (χ1n) is 5.56. The molecule has 0 bridgehead atoms. The molecule has 0 radical (unpaired) electrons. The van der Waals surface area contributed by atoms with Gasteiger partial charge in [0.15, 0.2) is 0 Å². The summed E-state index contributed by atoms with van der Waals surface area (Å²) in [7, 11) is -3.53. The molecule has 6 heteroatoms. The average molecular weight is 292 g/mol. The molecule has 0 saturated carbocycles. The molecule has 0 atom stereocenters. The van der Waals surface area contributed by atoms with Crippen molar-refractivity contribution < 1.29 is 8.42 Å². The molecule has 0 aliphatic carbocycles. The normalized spacial score (nSPS) is 11.2. The van der Waals surface area contributed by atoms with Crippen molar-refractivity contribution in [1.82, 2.24) is 4.72 Å². The van der Waals surface area contributed by atoms with Crippen LogP contribution in [0.5, 0.6) is 0 Å². The summed E-state index contributed by atoms with van der Waals surface area (Å²) in [5.74, 6) is 0. The van der Waals surface area contributed by atoms with Crippen molar-refractivity contribution in [2.75, 3.05) is 0 Å². The molecule has 1 heterocycles. The van der Waals surface area contributed by atoms with Crippen LogP contribution in [-0.2, 0) is 16.6 Å². The van der Waals surface area contributed by atoms with Gasteiger partial charge in [-0.25, -0.2) is 13.1 Å². The number of hydrogen-bond donors (Lipinski definition) is 1. The molecule has 2 aromatic rings. The van der Waals surface area contributed by atoms with Crippen LogP contribution in [0.1, 0.15) is 16.0 Å². The summed E-state index contributed by atoms with van der Waals surface area (Å²) in [6.45, 7) is 2.23. The number of rotatable bonds is 4. The first-order chi connectivity index (χ1) is 9.03. The van der Waals surface area contributed by atoms with Crippen molar-refractivity contribution >= 4 is 21.4 Å². The van der Waals surface area contributed by atoms with E-state index >= 15 is 0 Å². The highest BCUT2D eigenvalue weighted by atomic mass is 32.2. The van der Waals surface area contributed by atoms with Crippen LogP contribution in [0.3, 0.4) is 0 Å². The van der Waals surface area contributed by atoms with Crippen molar-refractivity contribution in [2.45, 2.75) is 18.4 Å². The second kappa shape index (κ2) is 5.53. The van der Waals surface area contributed by atoms with Gasteiger partial charge in [-0.3, -0.25) is 0 Å². The maximum Gasteiger partial charge on any atom is 0.240 e. The zero-order valence-corrected chi connectivity index (χ0v) is 11.9. The van der Waals surface area contributed by atoms with Crippen LogP contribution in [-0.4, -0.2) is 8.42 Å². The van der Waals surface area contributed by atoms with Gasteiger partial charge in [-0.1, -0.05) is 0 Å². The maximum atomic E-state index is 12.0. The summed E-state index contributed by atoms with van der Waals surface area (Å²) in [4.78, 5) is 1.16. The number of sulfonamides is 1. The maximum absolute atomic E-state index is 12.0. The number of aryl methyl sites for hydroxylation is 1. The van der Waals surface area contributed by atoms with E-state index in [0.717, 1.165) is 10.4 Å². The molecule has 0 amide bonds. The molecule has 0 aliphatic heterocycles. The predicted octanol–water partition coefficient (Wildman–Crippen LogP) is 2.41. The van der Waals surface area contributed by atoms with Gasteiger partial charge < -0.3 is 0 Å². The first kappa shape index (κ1) is 13.7. The smallest absolute Gasteiger partial charge is 0.207 e. The summed E-state index contributed by atoms with van der Waals surface area (Å²) in [5.41, 5.74) is 1.51. The van der Waals surface area contributed by atoms with Gasteiger partial charge in [0.1, 0.15) is 0 Å². The van der Waals surface area contributed by atoms with E-state index in [2.05, 4.69) is 4.72 Å². The van der Waals surface area contributed by atoms with Crippen molar-refractivity contribution in [1.29, 1.82) is 5.26 Å². The third-order valence-corrected chi connectivity index (χ3v) is 5.12. The fourth-order valence-electron chi connectivity index (χ4n) is 1.54. The molecule has 0 spiro atoms. The lowest BCUT2D eigenvalue weighted by atomic mass is 10.2. The van der Waals surface area contributed by atoms with Crippen molar-refractivity contribution in [3.63, 3.8) is 0 Å².